The van der Waals surface area contributed by atoms with Gasteiger partial charge >= 0.3 is 0 Å². The van der Waals surface area contributed by atoms with E-state index in [4.69, 9.17) is 4.74 Å². The zero-order valence-electron chi connectivity index (χ0n) is 15.9. The van der Waals surface area contributed by atoms with E-state index in [1.165, 1.54) is 13.2 Å². The van der Waals surface area contributed by atoms with Crippen LogP contribution in [0.25, 0.3) is 16.8 Å². The van der Waals surface area contributed by atoms with Crippen molar-refractivity contribution in [3.63, 3.8) is 0 Å². The Morgan fingerprint density at radius 2 is 2.11 bits per heavy atom. The number of carbonyl (C=O) groups excluding carboxylic acids is 1. The fourth-order valence-corrected chi connectivity index (χ4v) is 3.85. The van der Waals surface area contributed by atoms with Crippen LogP contribution in [0.4, 0.5) is 10.1 Å². The van der Waals surface area contributed by atoms with Crippen molar-refractivity contribution >= 4 is 17.2 Å². The third-order valence-corrected chi connectivity index (χ3v) is 5.23. The van der Waals surface area contributed by atoms with Gasteiger partial charge in [-0.2, -0.15) is 0 Å². The minimum absolute atomic E-state index is 0.173. The summed E-state index contributed by atoms with van der Waals surface area (Å²) in [6, 6.07) is 6.73. The number of halogens is 1. The minimum atomic E-state index is -0.417. The second-order valence-corrected chi connectivity index (χ2v) is 7.05. The zero-order chi connectivity index (χ0) is 19.7. The van der Waals surface area contributed by atoms with E-state index < -0.39 is 5.82 Å². The van der Waals surface area contributed by atoms with E-state index in [-0.39, 0.29) is 11.5 Å². The summed E-state index contributed by atoms with van der Waals surface area (Å²) in [6.45, 7) is 3.84. The molecule has 1 fully saturated rings. The van der Waals surface area contributed by atoms with Crippen LogP contribution in [0.3, 0.4) is 0 Å². The second-order valence-electron chi connectivity index (χ2n) is 7.05. The Labute approximate surface area is 163 Å². The lowest BCUT2D eigenvalue weighted by atomic mass is 10.0. The predicted octanol–water partition coefficient (Wildman–Crippen LogP) is 2.92. The highest BCUT2D eigenvalue weighted by Crippen LogP contribution is 2.38. The standard InChI is InChI=1S/C21H23FN4O2/c1-12(25-13-6-8-23-9-7-13)19-14-10-16(24-11-17(14)26-21(19)27)20-15(22)4-3-5-18(20)28-2/h3-5,10-11,13,23,25H,6-9H2,1-2H3,(H,26,27)/b19-12-. The summed E-state index contributed by atoms with van der Waals surface area (Å²) in [6.07, 6.45) is 3.58. The van der Waals surface area contributed by atoms with Gasteiger partial charge in [0.1, 0.15) is 11.6 Å². The molecular formula is C21H23FN4O2. The van der Waals surface area contributed by atoms with E-state index in [0.29, 0.717) is 28.7 Å². The molecule has 1 amide bonds. The van der Waals surface area contributed by atoms with Crippen LogP contribution in [-0.2, 0) is 4.79 Å². The van der Waals surface area contributed by atoms with Gasteiger partial charge in [-0.1, -0.05) is 6.07 Å². The summed E-state index contributed by atoms with van der Waals surface area (Å²) in [5.41, 5.74) is 3.46. The first-order valence-electron chi connectivity index (χ1n) is 9.41. The number of amides is 1. The van der Waals surface area contributed by atoms with Crippen molar-refractivity contribution in [2.75, 3.05) is 25.5 Å². The molecule has 3 heterocycles. The molecule has 28 heavy (non-hydrogen) atoms. The van der Waals surface area contributed by atoms with Crippen LogP contribution in [0.5, 0.6) is 5.75 Å². The Kier molecular flexibility index (Phi) is 5.00. The summed E-state index contributed by atoms with van der Waals surface area (Å²) < 4.78 is 19.8. The molecule has 146 valence electrons. The number of allylic oxidation sites excluding steroid dienone is 1. The molecular weight excluding hydrogens is 359 g/mol. The summed E-state index contributed by atoms with van der Waals surface area (Å²) in [4.78, 5) is 17.0. The molecule has 1 aromatic carbocycles. The maximum Gasteiger partial charge on any atom is 0.258 e. The zero-order valence-corrected chi connectivity index (χ0v) is 15.9. The lowest BCUT2D eigenvalue weighted by molar-refractivity contribution is -0.110. The number of aromatic nitrogens is 1. The molecule has 0 unspecified atom stereocenters. The molecule has 0 aliphatic carbocycles. The maximum atomic E-state index is 14.5. The van der Waals surface area contributed by atoms with Crippen molar-refractivity contribution in [2.45, 2.75) is 25.8 Å². The van der Waals surface area contributed by atoms with E-state index in [1.54, 1.807) is 24.4 Å². The summed E-state index contributed by atoms with van der Waals surface area (Å²) >= 11 is 0. The van der Waals surface area contributed by atoms with Gasteiger partial charge < -0.3 is 20.7 Å². The lowest BCUT2D eigenvalue weighted by Crippen LogP contribution is -2.39. The second kappa shape index (κ2) is 7.59. The fourth-order valence-electron chi connectivity index (χ4n) is 3.85. The largest absolute Gasteiger partial charge is 0.496 e. The van der Waals surface area contributed by atoms with Gasteiger partial charge in [-0.3, -0.25) is 9.78 Å². The number of benzene rings is 1. The Bertz CT molecular complexity index is 951. The van der Waals surface area contributed by atoms with Crippen LogP contribution in [0.15, 0.2) is 36.2 Å². The number of hydrogen-bond acceptors (Lipinski definition) is 5. The number of ether oxygens (including phenoxy) is 1. The number of anilines is 1. The van der Waals surface area contributed by atoms with Crippen molar-refractivity contribution in [1.29, 1.82) is 0 Å². The Morgan fingerprint density at radius 1 is 1.32 bits per heavy atom. The fraction of sp³-hybridized carbons (Fsp3) is 0.333. The molecule has 1 aromatic heterocycles. The average Bonchev–Trinajstić information content (AvgIpc) is 3.03. The molecule has 6 nitrogen and oxygen atoms in total. The number of carbonyl (C=O) groups is 1. The third kappa shape index (κ3) is 3.33. The summed E-state index contributed by atoms with van der Waals surface area (Å²) in [5.74, 6) is -0.188. The monoisotopic (exact) mass is 382 g/mol. The minimum Gasteiger partial charge on any atom is -0.496 e. The van der Waals surface area contributed by atoms with Crippen molar-refractivity contribution in [1.82, 2.24) is 15.6 Å². The Hall–Kier alpha value is -2.93. The first-order valence-corrected chi connectivity index (χ1v) is 9.41. The molecule has 4 rings (SSSR count). The third-order valence-electron chi connectivity index (χ3n) is 5.23. The van der Waals surface area contributed by atoms with E-state index in [1.807, 2.05) is 6.92 Å². The number of nitrogens with one attached hydrogen (secondary N) is 3. The van der Waals surface area contributed by atoms with E-state index in [0.717, 1.165) is 37.2 Å². The van der Waals surface area contributed by atoms with Gasteiger partial charge in [0.15, 0.2) is 0 Å². The Balaban J connectivity index is 1.74. The molecule has 2 aromatic rings. The normalized spacial score (nSPS) is 18.5. The molecule has 2 aliphatic heterocycles. The molecule has 7 heteroatoms. The number of pyridine rings is 1. The number of methoxy groups -OCH3 is 1. The summed E-state index contributed by atoms with van der Waals surface area (Å²) in [5, 5.41) is 9.67. The highest BCUT2D eigenvalue weighted by molar-refractivity contribution is 6.32. The lowest BCUT2D eigenvalue weighted by Gasteiger charge is -2.25. The molecule has 0 radical (unpaired) electrons. The predicted molar refractivity (Wildman–Crippen MR) is 106 cm³/mol. The van der Waals surface area contributed by atoms with Gasteiger partial charge in [-0.15, -0.1) is 0 Å². The van der Waals surface area contributed by atoms with Crippen LogP contribution in [-0.4, -0.2) is 37.1 Å². The maximum absolute atomic E-state index is 14.5. The Morgan fingerprint density at radius 3 is 2.86 bits per heavy atom. The topological polar surface area (TPSA) is 75.3 Å². The molecule has 0 saturated carbocycles. The number of hydrogen-bond donors (Lipinski definition) is 3. The van der Waals surface area contributed by atoms with Gasteiger partial charge in [0, 0.05) is 17.3 Å². The molecule has 1 saturated heterocycles. The van der Waals surface area contributed by atoms with Crippen LogP contribution in [0.2, 0.25) is 0 Å². The molecule has 0 spiro atoms. The van der Waals surface area contributed by atoms with Gasteiger partial charge in [-0.25, -0.2) is 4.39 Å². The van der Waals surface area contributed by atoms with Crippen LogP contribution in [0, 0.1) is 5.82 Å². The number of rotatable bonds is 4. The van der Waals surface area contributed by atoms with E-state index in [9.17, 15) is 9.18 Å². The van der Waals surface area contributed by atoms with Gasteiger partial charge in [0.05, 0.1) is 35.8 Å². The molecule has 3 N–H and O–H groups in total. The highest BCUT2D eigenvalue weighted by Gasteiger charge is 2.29. The van der Waals surface area contributed by atoms with Crippen molar-refractivity contribution in [2.24, 2.45) is 0 Å². The smallest absolute Gasteiger partial charge is 0.258 e. The highest BCUT2D eigenvalue weighted by atomic mass is 19.1. The van der Waals surface area contributed by atoms with E-state index >= 15 is 0 Å². The number of piperidine rings is 1. The van der Waals surface area contributed by atoms with Gasteiger partial charge in [-0.05, 0) is 51.1 Å². The quantitative estimate of drug-likeness (QED) is 0.709. The van der Waals surface area contributed by atoms with Crippen molar-refractivity contribution in [3.05, 3.63) is 47.5 Å². The average molecular weight is 382 g/mol. The van der Waals surface area contributed by atoms with Gasteiger partial charge in [0.2, 0.25) is 0 Å². The SMILES string of the molecule is COc1cccc(F)c1-c1cc2c(cn1)NC(=O)/C2=C(/C)NC1CCNCC1. The van der Waals surface area contributed by atoms with Crippen LogP contribution in [0.1, 0.15) is 25.3 Å². The van der Waals surface area contributed by atoms with Gasteiger partial charge in [0.25, 0.3) is 5.91 Å². The van der Waals surface area contributed by atoms with Crippen LogP contribution >= 0.6 is 0 Å². The van der Waals surface area contributed by atoms with Crippen LogP contribution < -0.4 is 20.7 Å². The molecule has 0 bridgehead atoms. The molecule has 2 aliphatic rings. The molecule has 0 atom stereocenters. The first kappa shape index (κ1) is 18.4. The van der Waals surface area contributed by atoms with Crippen molar-refractivity contribution in [3.8, 4) is 17.0 Å². The van der Waals surface area contributed by atoms with E-state index in [2.05, 4.69) is 20.9 Å². The first-order chi connectivity index (χ1) is 13.6. The number of nitrogens with zero attached hydrogens (tertiary/aromatic N) is 1. The number of fused-ring (bicyclic) bond motifs is 1. The summed E-state index contributed by atoms with van der Waals surface area (Å²) in [7, 11) is 1.50. The van der Waals surface area contributed by atoms with Crippen molar-refractivity contribution < 1.29 is 13.9 Å².